The fraction of sp³-hybridized carbons (Fsp3) is 0.571. The third kappa shape index (κ3) is 3.18. The van der Waals surface area contributed by atoms with Gasteiger partial charge in [0.2, 0.25) is 0 Å². The Morgan fingerprint density at radius 3 is 2.88 bits per heavy atom. The Labute approximate surface area is 113 Å². The van der Waals surface area contributed by atoms with Crippen molar-refractivity contribution >= 4 is 23.4 Å². The fourth-order valence-electron chi connectivity index (χ4n) is 2.16. The van der Waals surface area contributed by atoms with Crippen LogP contribution in [0.5, 0.6) is 0 Å². The summed E-state index contributed by atoms with van der Waals surface area (Å²) in [6.45, 7) is 5.48. The second-order valence-electron chi connectivity index (χ2n) is 4.96. The van der Waals surface area contributed by atoms with Crippen molar-refractivity contribution in [2.75, 3.05) is 18.2 Å². The largest absolute Gasteiger partial charge is 0.312 e. The summed E-state index contributed by atoms with van der Waals surface area (Å²) in [7, 11) is 0. The Hall–Kier alpha value is -0.180. The molecule has 0 bridgehead atoms. The van der Waals surface area contributed by atoms with Crippen LogP contribution in [0.15, 0.2) is 29.2 Å². The van der Waals surface area contributed by atoms with Gasteiger partial charge in [-0.25, -0.2) is 0 Å². The topological polar surface area (TPSA) is 12.0 Å². The van der Waals surface area contributed by atoms with Gasteiger partial charge in [-0.3, -0.25) is 0 Å². The van der Waals surface area contributed by atoms with E-state index >= 15 is 0 Å². The summed E-state index contributed by atoms with van der Waals surface area (Å²) in [4.78, 5) is 1.45. The lowest BCUT2D eigenvalue weighted by Crippen LogP contribution is -2.38. The van der Waals surface area contributed by atoms with Crippen molar-refractivity contribution in [3.8, 4) is 0 Å². The number of alkyl halides is 1. The number of fused-ring (bicyclic) bond motifs is 1. The average Bonchev–Trinajstić information content (AvgIpc) is 2.73. The number of nitrogens with one attached hydrogen (secondary N) is 1. The molecule has 2 atom stereocenters. The van der Waals surface area contributed by atoms with E-state index in [1.807, 2.05) is 11.8 Å². The molecule has 1 heterocycles. The van der Waals surface area contributed by atoms with E-state index in [2.05, 4.69) is 43.4 Å². The smallest absolute Gasteiger partial charge is 0.0379 e. The van der Waals surface area contributed by atoms with Gasteiger partial charge in [0.05, 0.1) is 0 Å². The monoisotopic (exact) mass is 269 g/mol. The van der Waals surface area contributed by atoms with Crippen LogP contribution < -0.4 is 5.32 Å². The highest BCUT2D eigenvalue weighted by Gasteiger charge is 2.23. The number of benzene rings is 1. The maximum Gasteiger partial charge on any atom is 0.0379 e. The Kier molecular flexibility index (Phi) is 4.78. The van der Waals surface area contributed by atoms with Gasteiger partial charge in [-0.2, -0.15) is 0 Å². The van der Waals surface area contributed by atoms with E-state index in [-0.39, 0.29) is 0 Å². The van der Waals surface area contributed by atoms with E-state index in [1.54, 1.807) is 0 Å². The van der Waals surface area contributed by atoms with E-state index in [0.29, 0.717) is 23.8 Å². The van der Waals surface area contributed by atoms with E-state index < -0.39 is 0 Å². The number of hydrogen-bond donors (Lipinski definition) is 1. The van der Waals surface area contributed by atoms with Crippen LogP contribution in [0.25, 0.3) is 0 Å². The summed E-state index contributed by atoms with van der Waals surface area (Å²) in [5, 5.41) is 3.61. The molecule has 0 radical (unpaired) electrons. The second-order valence-corrected chi connectivity index (χ2v) is 6.33. The molecule has 1 aromatic rings. The second kappa shape index (κ2) is 6.12. The molecule has 2 rings (SSSR count). The first-order chi connectivity index (χ1) is 8.22. The van der Waals surface area contributed by atoms with Crippen molar-refractivity contribution < 1.29 is 0 Å². The van der Waals surface area contributed by atoms with Gasteiger partial charge in [0.15, 0.2) is 0 Å². The minimum absolute atomic E-state index is 0.425. The summed E-state index contributed by atoms with van der Waals surface area (Å²) in [5.41, 5.74) is 1.50. The molecule has 1 aliphatic rings. The van der Waals surface area contributed by atoms with Crippen LogP contribution in [0.4, 0.5) is 0 Å². The molecule has 0 saturated heterocycles. The zero-order chi connectivity index (χ0) is 12.3. The molecule has 94 valence electrons. The molecule has 2 unspecified atom stereocenters. The van der Waals surface area contributed by atoms with E-state index in [0.717, 1.165) is 6.54 Å². The third-order valence-corrected chi connectivity index (χ3v) is 4.98. The highest BCUT2D eigenvalue weighted by molar-refractivity contribution is 7.99. The molecule has 17 heavy (non-hydrogen) atoms. The van der Waals surface area contributed by atoms with E-state index in [4.69, 9.17) is 11.6 Å². The molecule has 0 aliphatic carbocycles. The van der Waals surface area contributed by atoms with Crippen molar-refractivity contribution in [2.24, 2.45) is 5.92 Å². The molecular weight excluding hydrogens is 250 g/mol. The van der Waals surface area contributed by atoms with Crippen molar-refractivity contribution in [1.29, 1.82) is 0 Å². The SMILES string of the molecule is CC(C)C(CCl)NCC1CSc2ccccc21. The van der Waals surface area contributed by atoms with Crippen LogP contribution in [0.3, 0.4) is 0 Å². The Bertz CT molecular complexity index is 367. The van der Waals surface area contributed by atoms with Crippen LogP contribution >= 0.6 is 23.4 Å². The van der Waals surface area contributed by atoms with Gasteiger partial charge in [0.1, 0.15) is 0 Å². The standard InChI is InChI=1S/C14H20ClNS/c1-10(2)13(7-15)16-8-11-9-17-14-6-4-3-5-12(11)14/h3-6,10-11,13,16H,7-9H2,1-2H3. The quantitative estimate of drug-likeness (QED) is 0.818. The summed E-state index contributed by atoms with van der Waals surface area (Å²) in [6.07, 6.45) is 0. The van der Waals surface area contributed by atoms with Crippen molar-refractivity contribution in [3.63, 3.8) is 0 Å². The highest BCUT2D eigenvalue weighted by Crippen LogP contribution is 2.38. The lowest BCUT2D eigenvalue weighted by Gasteiger charge is -2.22. The van der Waals surface area contributed by atoms with Gasteiger partial charge in [0.25, 0.3) is 0 Å². The van der Waals surface area contributed by atoms with Crippen LogP contribution in [-0.2, 0) is 0 Å². The van der Waals surface area contributed by atoms with Gasteiger partial charge in [0, 0.05) is 35.0 Å². The van der Waals surface area contributed by atoms with Crippen LogP contribution in [0, 0.1) is 5.92 Å². The van der Waals surface area contributed by atoms with Gasteiger partial charge in [-0.05, 0) is 17.5 Å². The maximum atomic E-state index is 5.98. The number of rotatable bonds is 5. The van der Waals surface area contributed by atoms with Gasteiger partial charge < -0.3 is 5.32 Å². The summed E-state index contributed by atoms with van der Waals surface area (Å²) < 4.78 is 0. The number of halogens is 1. The van der Waals surface area contributed by atoms with E-state index in [9.17, 15) is 0 Å². The minimum atomic E-state index is 0.425. The fourth-order valence-corrected chi connectivity index (χ4v) is 3.88. The Morgan fingerprint density at radius 2 is 2.18 bits per heavy atom. The van der Waals surface area contributed by atoms with Gasteiger partial charge in [-0.15, -0.1) is 23.4 Å². The molecule has 1 aromatic carbocycles. The Balaban J connectivity index is 1.93. The Morgan fingerprint density at radius 1 is 1.41 bits per heavy atom. The predicted octanol–water partition coefficient (Wildman–Crippen LogP) is 3.73. The first kappa shape index (κ1) is 13.3. The molecule has 1 aliphatic heterocycles. The van der Waals surface area contributed by atoms with Crippen LogP contribution in [-0.4, -0.2) is 24.2 Å². The summed E-state index contributed by atoms with van der Waals surface area (Å²) >= 11 is 7.95. The molecule has 0 spiro atoms. The molecule has 0 aromatic heterocycles. The van der Waals surface area contributed by atoms with Gasteiger partial charge >= 0.3 is 0 Å². The normalized spacial score (nSPS) is 20.6. The van der Waals surface area contributed by atoms with Crippen LogP contribution in [0.1, 0.15) is 25.3 Å². The molecule has 0 amide bonds. The van der Waals surface area contributed by atoms with Gasteiger partial charge in [-0.1, -0.05) is 32.0 Å². The first-order valence-electron chi connectivity index (χ1n) is 6.23. The molecule has 0 fully saturated rings. The molecule has 0 saturated carbocycles. The van der Waals surface area contributed by atoms with Crippen molar-refractivity contribution in [2.45, 2.75) is 30.7 Å². The predicted molar refractivity (Wildman–Crippen MR) is 77.3 cm³/mol. The highest BCUT2D eigenvalue weighted by atomic mass is 35.5. The first-order valence-corrected chi connectivity index (χ1v) is 7.75. The molecular formula is C14H20ClNS. The number of hydrogen-bond acceptors (Lipinski definition) is 2. The average molecular weight is 270 g/mol. The zero-order valence-corrected chi connectivity index (χ0v) is 12.0. The molecule has 1 nitrogen and oxygen atoms in total. The van der Waals surface area contributed by atoms with E-state index in [1.165, 1.54) is 16.2 Å². The summed E-state index contributed by atoms with van der Waals surface area (Å²) in [6, 6.07) is 9.17. The zero-order valence-electron chi connectivity index (χ0n) is 10.4. The van der Waals surface area contributed by atoms with Crippen molar-refractivity contribution in [3.05, 3.63) is 29.8 Å². The third-order valence-electron chi connectivity index (χ3n) is 3.40. The molecule has 1 N–H and O–H groups in total. The molecule has 3 heteroatoms. The minimum Gasteiger partial charge on any atom is -0.312 e. The summed E-state index contributed by atoms with van der Waals surface area (Å²) in [5.74, 6) is 3.12. The van der Waals surface area contributed by atoms with Crippen LogP contribution in [0.2, 0.25) is 0 Å². The lowest BCUT2D eigenvalue weighted by atomic mass is 10.00. The lowest BCUT2D eigenvalue weighted by molar-refractivity contribution is 0.422. The maximum absolute atomic E-state index is 5.98. The van der Waals surface area contributed by atoms with Crippen molar-refractivity contribution in [1.82, 2.24) is 5.32 Å². The number of thioether (sulfide) groups is 1.